The normalized spacial score (nSPS) is 24.2. The van der Waals surface area contributed by atoms with Crippen molar-refractivity contribution in [2.24, 2.45) is 11.7 Å². The van der Waals surface area contributed by atoms with Gasteiger partial charge in [-0.3, -0.25) is 4.79 Å². The summed E-state index contributed by atoms with van der Waals surface area (Å²) in [7, 11) is 0. The molecule has 1 aromatic heterocycles. The zero-order chi connectivity index (χ0) is 18.3. The van der Waals surface area contributed by atoms with Crippen LogP contribution in [-0.2, 0) is 6.54 Å². The third-order valence-corrected chi connectivity index (χ3v) is 7.80. The standard InChI is InChI=1S/C21H29N3OS/c1-3-4-11-23-12-9-15(10-13-23)21(2)14-24-17-8-6-5-7-16(17)18(19(22)25)20(24)26-21/h5-8,15H,3-4,9-14H2,1-2H3,(H2,22,25). The van der Waals surface area contributed by atoms with E-state index in [1.807, 2.05) is 30.0 Å². The Morgan fingerprint density at radius 1 is 1.31 bits per heavy atom. The highest BCUT2D eigenvalue weighted by Crippen LogP contribution is 2.52. The van der Waals surface area contributed by atoms with Crippen LogP contribution in [0.15, 0.2) is 29.3 Å². The van der Waals surface area contributed by atoms with Crippen molar-refractivity contribution in [2.75, 3.05) is 19.6 Å². The van der Waals surface area contributed by atoms with Crippen LogP contribution < -0.4 is 5.73 Å². The van der Waals surface area contributed by atoms with Crippen LogP contribution in [0.2, 0.25) is 0 Å². The van der Waals surface area contributed by atoms with E-state index < -0.39 is 0 Å². The molecule has 3 heterocycles. The number of nitrogens with two attached hydrogens (primary N) is 1. The minimum Gasteiger partial charge on any atom is -0.365 e. The van der Waals surface area contributed by atoms with Crippen molar-refractivity contribution < 1.29 is 4.79 Å². The number of hydrogen-bond acceptors (Lipinski definition) is 3. The van der Waals surface area contributed by atoms with Gasteiger partial charge >= 0.3 is 0 Å². The average Bonchev–Trinajstić information content (AvgIpc) is 3.13. The summed E-state index contributed by atoms with van der Waals surface area (Å²) in [6, 6.07) is 8.17. The number of carbonyl (C=O) groups is 1. The van der Waals surface area contributed by atoms with Crippen molar-refractivity contribution in [1.29, 1.82) is 0 Å². The van der Waals surface area contributed by atoms with E-state index in [9.17, 15) is 4.79 Å². The van der Waals surface area contributed by atoms with Crippen LogP contribution in [0, 0.1) is 5.92 Å². The predicted octanol–water partition coefficient (Wildman–Crippen LogP) is 4.12. The lowest BCUT2D eigenvalue weighted by Crippen LogP contribution is -2.42. The number of piperidine rings is 1. The van der Waals surface area contributed by atoms with Gasteiger partial charge in [-0.1, -0.05) is 43.3 Å². The molecule has 2 aliphatic heterocycles. The summed E-state index contributed by atoms with van der Waals surface area (Å²) in [6.07, 6.45) is 5.08. The summed E-state index contributed by atoms with van der Waals surface area (Å²) >= 11 is 1.89. The zero-order valence-electron chi connectivity index (χ0n) is 15.8. The van der Waals surface area contributed by atoms with E-state index in [1.54, 1.807) is 0 Å². The highest BCUT2D eigenvalue weighted by atomic mass is 32.2. The smallest absolute Gasteiger partial charge is 0.252 e. The van der Waals surface area contributed by atoms with Crippen molar-refractivity contribution in [1.82, 2.24) is 9.47 Å². The maximum absolute atomic E-state index is 12.2. The Hall–Kier alpha value is -1.46. The summed E-state index contributed by atoms with van der Waals surface area (Å²) in [5.74, 6) is 0.380. The van der Waals surface area contributed by atoms with Crippen molar-refractivity contribution >= 4 is 28.6 Å². The van der Waals surface area contributed by atoms with Gasteiger partial charge in [0.25, 0.3) is 5.91 Å². The second-order valence-corrected chi connectivity index (χ2v) is 9.56. The molecule has 0 spiro atoms. The summed E-state index contributed by atoms with van der Waals surface area (Å²) in [6.45, 7) is 9.27. The molecule has 0 aliphatic carbocycles. The molecule has 2 N–H and O–H groups in total. The number of fused-ring (bicyclic) bond motifs is 3. The minimum absolute atomic E-state index is 0.153. The first-order valence-corrected chi connectivity index (χ1v) is 10.7. The molecule has 0 saturated carbocycles. The number of rotatable bonds is 5. The average molecular weight is 372 g/mol. The zero-order valence-corrected chi connectivity index (χ0v) is 16.6. The summed E-state index contributed by atoms with van der Waals surface area (Å²) in [5, 5.41) is 2.08. The van der Waals surface area contributed by atoms with Gasteiger partial charge in [-0.05, 0) is 57.8 Å². The van der Waals surface area contributed by atoms with Crippen LogP contribution in [0.3, 0.4) is 0 Å². The van der Waals surface area contributed by atoms with Crippen LogP contribution in [0.5, 0.6) is 0 Å². The van der Waals surface area contributed by atoms with Crippen molar-refractivity contribution in [3.8, 4) is 0 Å². The molecule has 0 radical (unpaired) electrons. The van der Waals surface area contributed by atoms with Crippen LogP contribution in [0.25, 0.3) is 10.9 Å². The van der Waals surface area contributed by atoms with Gasteiger partial charge in [0, 0.05) is 22.2 Å². The van der Waals surface area contributed by atoms with E-state index in [-0.39, 0.29) is 10.7 Å². The number of aromatic nitrogens is 1. The van der Waals surface area contributed by atoms with Gasteiger partial charge in [0.15, 0.2) is 0 Å². The van der Waals surface area contributed by atoms with E-state index in [2.05, 4.69) is 29.4 Å². The number of para-hydroxylation sites is 1. The molecule has 1 atom stereocenters. The summed E-state index contributed by atoms with van der Waals surface area (Å²) in [5.41, 5.74) is 7.62. The van der Waals surface area contributed by atoms with Crippen molar-refractivity contribution in [2.45, 2.75) is 55.8 Å². The third kappa shape index (κ3) is 2.95. The minimum atomic E-state index is -0.305. The molecular formula is C21H29N3OS. The first-order valence-electron chi connectivity index (χ1n) is 9.86. The van der Waals surface area contributed by atoms with Crippen LogP contribution >= 0.6 is 11.8 Å². The molecule has 5 heteroatoms. The Labute approximate surface area is 160 Å². The number of likely N-dealkylation sites (tertiary alicyclic amines) is 1. The molecule has 0 bridgehead atoms. The van der Waals surface area contributed by atoms with Crippen molar-refractivity contribution in [3.05, 3.63) is 29.8 Å². The van der Waals surface area contributed by atoms with E-state index in [0.717, 1.165) is 28.0 Å². The number of benzene rings is 1. The molecule has 1 fully saturated rings. The maximum atomic E-state index is 12.2. The lowest BCUT2D eigenvalue weighted by Gasteiger charge is -2.39. The van der Waals surface area contributed by atoms with Crippen LogP contribution in [0.4, 0.5) is 0 Å². The fraction of sp³-hybridized carbons (Fsp3) is 0.571. The monoisotopic (exact) mass is 371 g/mol. The molecular weight excluding hydrogens is 342 g/mol. The molecule has 4 rings (SSSR count). The maximum Gasteiger partial charge on any atom is 0.252 e. The lowest BCUT2D eigenvalue weighted by atomic mass is 9.84. The van der Waals surface area contributed by atoms with Crippen LogP contribution in [0.1, 0.15) is 49.9 Å². The van der Waals surface area contributed by atoms with E-state index >= 15 is 0 Å². The Morgan fingerprint density at radius 2 is 2.04 bits per heavy atom. The SMILES string of the molecule is CCCCN1CCC(C2(C)Cn3c(c(C(N)=O)c4ccccc43)S2)CC1. The fourth-order valence-electron chi connectivity index (χ4n) is 4.71. The summed E-state index contributed by atoms with van der Waals surface area (Å²) in [4.78, 5) is 14.8. The second kappa shape index (κ2) is 6.93. The molecule has 140 valence electrons. The first kappa shape index (κ1) is 17.9. The largest absolute Gasteiger partial charge is 0.365 e. The van der Waals surface area contributed by atoms with Gasteiger partial charge in [-0.2, -0.15) is 0 Å². The number of thioether (sulfide) groups is 1. The third-order valence-electron chi connectivity index (χ3n) is 6.25. The molecule has 1 aromatic carbocycles. The Morgan fingerprint density at radius 3 is 2.73 bits per heavy atom. The van der Waals surface area contributed by atoms with E-state index in [1.165, 1.54) is 45.3 Å². The number of carbonyl (C=O) groups excluding carboxylic acids is 1. The van der Waals surface area contributed by atoms with Gasteiger partial charge in [-0.15, -0.1) is 0 Å². The van der Waals surface area contributed by atoms with E-state index in [4.69, 9.17) is 5.73 Å². The molecule has 26 heavy (non-hydrogen) atoms. The first-order chi connectivity index (χ1) is 12.5. The topological polar surface area (TPSA) is 51.3 Å². The number of unbranched alkanes of at least 4 members (excludes halogenated alkanes) is 1. The molecule has 1 amide bonds. The summed E-state index contributed by atoms with van der Waals surface area (Å²) < 4.78 is 2.49. The highest BCUT2D eigenvalue weighted by Gasteiger charge is 2.44. The molecule has 2 aliphatic rings. The fourth-order valence-corrected chi connectivity index (χ4v) is 6.33. The van der Waals surface area contributed by atoms with Gasteiger partial charge in [-0.25, -0.2) is 0 Å². The number of hydrogen-bond donors (Lipinski definition) is 1. The second-order valence-electron chi connectivity index (χ2n) is 8.03. The van der Waals surface area contributed by atoms with Gasteiger partial charge in [0.05, 0.1) is 10.6 Å². The molecule has 1 unspecified atom stereocenters. The van der Waals surface area contributed by atoms with Gasteiger partial charge in [0.1, 0.15) is 0 Å². The number of amides is 1. The molecule has 4 nitrogen and oxygen atoms in total. The quantitative estimate of drug-likeness (QED) is 0.860. The Bertz CT molecular complexity index is 822. The predicted molar refractivity (Wildman–Crippen MR) is 109 cm³/mol. The van der Waals surface area contributed by atoms with Gasteiger partial charge < -0.3 is 15.2 Å². The van der Waals surface area contributed by atoms with Gasteiger partial charge in [0.2, 0.25) is 0 Å². The molecule has 2 aromatic rings. The Kier molecular flexibility index (Phi) is 4.78. The number of primary amides is 1. The van der Waals surface area contributed by atoms with Crippen LogP contribution in [-0.4, -0.2) is 39.8 Å². The number of nitrogens with zero attached hydrogens (tertiary/aromatic N) is 2. The highest BCUT2D eigenvalue weighted by molar-refractivity contribution is 8.00. The molecule has 1 saturated heterocycles. The Balaban J connectivity index is 1.57. The van der Waals surface area contributed by atoms with E-state index in [0.29, 0.717) is 5.92 Å². The lowest BCUT2D eigenvalue weighted by molar-refractivity contribution is 0.0998. The van der Waals surface area contributed by atoms with Crippen molar-refractivity contribution in [3.63, 3.8) is 0 Å².